The number of aliphatic hydroxyl groups excluding tert-OH is 1. The SMILES string of the molecule is CCCN(CCO)c1cc(C(=O)OC)c(N)cn1. The van der Waals surface area contributed by atoms with Crippen LogP contribution in [-0.4, -0.2) is 42.9 Å². The van der Waals surface area contributed by atoms with Crippen LogP contribution in [0.3, 0.4) is 0 Å². The minimum Gasteiger partial charge on any atom is -0.465 e. The van der Waals surface area contributed by atoms with Crippen LogP contribution in [0.1, 0.15) is 23.7 Å². The van der Waals surface area contributed by atoms with Gasteiger partial charge in [-0.2, -0.15) is 0 Å². The number of pyridine rings is 1. The van der Waals surface area contributed by atoms with Crippen LogP contribution in [0.4, 0.5) is 11.5 Å². The van der Waals surface area contributed by atoms with Gasteiger partial charge in [0.05, 0.1) is 31.2 Å². The van der Waals surface area contributed by atoms with Crippen molar-refractivity contribution in [1.82, 2.24) is 4.98 Å². The summed E-state index contributed by atoms with van der Waals surface area (Å²) in [6.45, 7) is 3.27. The summed E-state index contributed by atoms with van der Waals surface area (Å²) < 4.78 is 4.66. The quantitative estimate of drug-likeness (QED) is 0.724. The third kappa shape index (κ3) is 3.33. The number of aliphatic hydroxyl groups is 1. The van der Waals surface area contributed by atoms with Gasteiger partial charge in [0.15, 0.2) is 0 Å². The van der Waals surface area contributed by atoms with E-state index in [1.807, 2.05) is 11.8 Å². The number of nitrogens with two attached hydrogens (primary N) is 1. The van der Waals surface area contributed by atoms with E-state index >= 15 is 0 Å². The number of methoxy groups -OCH3 is 1. The molecule has 0 aliphatic carbocycles. The second-order valence-corrected chi connectivity index (χ2v) is 3.83. The summed E-state index contributed by atoms with van der Waals surface area (Å²) in [6.07, 6.45) is 2.35. The van der Waals surface area contributed by atoms with Gasteiger partial charge in [-0.25, -0.2) is 9.78 Å². The van der Waals surface area contributed by atoms with Crippen molar-refractivity contribution in [2.45, 2.75) is 13.3 Å². The maximum atomic E-state index is 11.5. The second-order valence-electron chi connectivity index (χ2n) is 3.83. The highest BCUT2D eigenvalue weighted by molar-refractivity contribution is 5.95. The molecule has 0 radical (unpaired) electrons. The molecule has 0 unspecified atom stereocenters. The number of anilines is 2. The van der Waals surface area contributed by atoms with E-state index in [1.165, 1.54) is 13.3 Å². The Balaban J connectivity index is 3.04. The third-order valence-electron chi connectivity index (χ3n) is 2.51. The van der Waals surface area contributed by atoms with Crippen molar-refractivity contribution in [3.05, 3.63) is 17.8 Å². The van der Waals surface area contributed by atoms with Gasteiger partial charge in [0.1, 0.15) is 5.82 Å². The predicted molar refractivity (Wildman–Crippen MR) is 69.6 cm³/mol. The lowest BCUT2D eigenvalue weighted by Gasteiger charge is -2.22. The molecule has 0 aliphatic heterocycles. The molecule has 1 aromatic heterocycles. The van der Waals surface area contributed by atoms with Gasteiger partial charge in [-0.1, -0.05) is 6.92 Å². The lowest BCUT2D eigenvalue weighted by atomic mass is 10.2. The van der Waals surface area contributed by atoms with Gasteiger partial charge in [-0.3, -0.25) is 0 Å². The van der Waals surface area contributed by atoms with Crippen LogP contribution < -0.4 is 10.6 Å². The van der Waals surface area contributed by atoms with Crippen LogP contribution in [0.5, 0.6) is 0 Å². The van der Waals surface area contributed by atoms with Crippen molar-refractivity contribution in [3.63, 3.8) is 0 Å². The predicted octanol–water partition coefficient (Wildman–Crippen LogP) is 0.659. The summed E-state index contributed by atoms with van der Waals surface area (Å²) >= 11 is 0. The van der Waals surface area contributed by atoms with E-state index in [0.29, 0.717) is 17.9 Å². The number of carbonyl (C=O) groups is 1. The molecule has 0 atom stereocenters. The van der Waals surface area contributed by atoms with E-state index in [9.17, 15) is 4.79 Å². The van der Waals surface area contributed by atoms with Crippen molar-refractivity contribution in [1.29, 1.82) is 0 Å². The van der Waals surface area contributed by atoms with Crippen LogP contribution in [0.25, 0.3) is 0 Å². The van der Waals surface area contributed by atoms with Gasteiger partial charge in [0.2, 0.25) is 0 Å². The van der Waals surface area contributed by atoms with Crippen molar-refractivity contribution in [2.75, 3.05) is 37.4 Å². The zero-order valence-electron chi connectivity index (χ0n) is 10.7. The Morgan fingerprint density at radius 1 is 1.56 bits per heavy atom. The van der Waals surface area contributed by atoms with Crippen LogP contribution in [0, 0.1) is 0 Å². The summed E-state index contributed by atoms with van der Waals surface area (Å²) in [5.41, 5.74) is 6.26. The summed E-state index contributed by atoms with van der Waals surface area (Å²) in [6, 6.07) is 1.59. The van der Waals surface area contributed by atoms with E-state index in [-0.39, 0.29) is 12.3 Å². The number of rotatable bonds is 6. The first-order chi connectivity index (χ1) is 8.63. The number of ether oxygens (including phenoxy) is 1. The topological polar surface area (TPSA) is 88.7 Å². The largest absolute Gasteiger partial charge is 0.465 e. The number of hydrogen-bond donors (Lipinski definition) is 2. The van der Waals surface area contributed by atoms with Crippen molar-refractivity contribution in [2.24, 2.45) is 0 Å². The summed E-state index contributed by atoms with van der Waals surface area (Å²) in [4.78, 5) is 17.6. The summed E-state index contributed by atoms with van der Waals surface area (Å²) in [7, 11) is 1.30. The van der Waals surface area contributed by atoms with Crippen LogP contribution in [-0.2, 0) is 4.74 Å². The first-order valence-corrected chi connectivity index (χ1v) is 5.83. The Bertz CT molecular complexity index is 404. The van der Waals surface area contributed by atoms with Crippen molar-refractivity contribution < 1.29 is 14.6 Å². The van der Waals surface area contributed by atoms with Crippen molar-refractivity contribution in [3.8, 4) is 0 Å². The zero-order valence-corrected chi connectivity index (χ0v) is 10.7. The fraction of sp³-hybridized carbons (Fsp3) is 0.500. The molecular weight excluding hydrogens is 234 g/mol. The molecule has 1 aromatic rings. The second kappa shape index (κ2) is 6.80. The Kier molecular flexibility index (Phi) is 5.38. The molecule has 0 fully saturated rings. The highest BCUT2D eigenvalue weighted by Gasteiger charge is 2.14. The Labute approximate surface area is 106 Å². The number of nitrogens with zero attached hydrogens (tertiary/aromatic N) is 2. The molecule has 0 saturated heterocycles. The molecule has 1 heterocycles. The standard InChI is InChI=1S/C12H19N3O3/c1-3-4-15(5-6-16)11-7-9(12(17)18-2)10(13)8-14-11/h7-8,16H,3-6,13H2,1-2H3. The molecule has 0 aromatic carbocycles. The normalized spacial score (nSPS) is 10.2. The van der Waals surface area contributed by atoms with Gasteiger partial charge >= 0.3 is 5.97 Å². The maximum Gasteiger partial charge on any atom is 0.340 e. The molecule has 100 valence electrons. The van der Waals surface area contributed by atoms with Gasteiger partial charge in [0.25, 0.3) is 0 Å². The zero-order chi connectivity index (χ0) is 13.5. The first kappa shape index (κ1) is 14.2. The van der Waals surface area contributed by atoms with Crippen molar-refractivity contribution >= 4 is 17.5 Å². The molecule has 1 rings (SSSR count). The Morgan fingerprint density at radius 2 is 2.28 bits per heavy atom. The van der Waals surface area contributed by atoms with E-state index in [0.717, 1.165) is 13.0 Å². The molecule has 18 heavy (non-hydrogen) atoms. The molecule has 3 N–H and O–H groups in total. The molecular formula is C12H19N3O3. The minimum atomic E-state index is -0.489. The number of hydrogen-bond acceptors (Lipinski definition) is 6. The van der Waals surface area contributed by atoms with Gasteiger partial charge < -0.3 is 20.5 Å². The molecule has 0 saturated carbocycles. The van der Waals surface area contributed by atoms with Gasteiger partial charge in [-0.05, 0) is 12.5 Å². The number of esters is 1. The third-order valence-corrected chi connectivity index (χ3v) is 2.51. The lowest BCUT2D eigenvalue weighted by molar-refractivity contribution is 0.0602. The fourth-order valence-electron chi connectivity index (χ4n) is 1.65. The molecule has 6 nitrogen and oxygen atoms in total. The average molecular weight is 253 g/mol. The van der Waals surface area contributed by atoms with E-state index < -0.39 is 5.97 Å². The Morgan fingerprint density at radius 3 is 2.83 bits per heavy atom. The van der Waals surface area contributed by atoms with Gasteiger partial charge in [0, 0.05) is 13.1 Å². The summed E-state index contributed by atoms with van der Waals surface area (Å²) in [5.74, 6) is 0.122. The molecule has 0 amide bonds. The minimum absolute atomic E-state index is 0.0274. The molecule has 0 spiro atoms. The number of nitrogen functional groups attached to an aromatic ring is 1. The smallest absolute Gasteiger partial charge is 0.340 e. The number of aromatic nitrogens is 1. The van der Waals surface area contributed by atoms with Crippen LogP contribution in [0.15, 0.2) is 12.3 Å². The number of carbonyl (C=O) groups excluding carboxylic acids is 1. The fourth-order valence-corrected chi connectivity index (χ4v) is 1.65. The highest BCUT2D eigenvalue weighted by Crippen LogP contribution is 2.19. The van der Waals surface area contributed by atoms with Gasteiger partial charge in [-0.15, -0.1) is 0 Å². The molecule has 0 bridgehead atoms. The van der Waals surface area contributed by atoms with E-state index in [4.69, 9.17) is 10.8 Å². The summed E-state index contributed by atoms with van der Waals surface area (Å²) in [5, 5.41) is 9.02. The molecule has 6 heteroatoms. The Hall–Kier alpha value is -1.82. The van der Waals surface area contributed by atoms with Crippen LogP contribution >= 0.6 is 0 Å². The monoisotopic (exact) mass is 253 g/mol. The van der Waals surface area contributed by atoms with Crippen LogP contribution in [0.2, 0.25) is 0 Å². The lowest BCUT2D eigenvalue weighted by Crippen LogP contribution is -2.28. The molecule has 0 aliphatic rings. The van der Waals surface area contributed by atoms with E-state index in [2.05, 4.69) is 9.72 Å². The highest BCUT2D eigenvalue weighted by atomic mass is 16.5. The maximum absolute atomic E-state index is 11.5. The van der Waals surface area contributed by atoms with E-state index in [1.54, 1.807) is 6.07 Å². The first-order valence-electron chi connectivity index (χ1n) is 5.83. The average Bonchev–Trinajstić information content (AvgIpc) is 2.38.